The molecule has 2 aromatic rings. The van der Waals surface area contributed by atoms with E-state index in [9.17, 15) is 14.4 Å². The fraction of sp³-hybridized carbons (Fsp3) is 0.619. The van der Waals surface area contributed by atoms with Crippen LogP contribution in [0.25, 0.3) is 4.96 Å². The number of amides is 1. The molecule has 154 valence electrons. The molecule has 0 aromatic carbocycles. The van der Waals surface area contributed by atoms with Gasteiger partial charge in [-0.1, -0.05) is 12.8 Å². The fourth-order valence-corrected chi connectivity index (χ4v) is 6.17. The first-order valence-electron chi connectivity index (χ1n) is 10.6. The normalized spacial score (nSPS) is 22.4. The average molecular weight is 416 g/mol. The maximum Gasteiger partial charge on any atom is 0.311 e. The van der Waals surface area contributed by atoms with Gasteiger partial charge in [-0.2, -0.15) is 0 Å². The van der Waals surface area contributed by atoms with Crippen LogP contribution in [0, 0.1) is 5.92 Å². The molecule has 0 N–H and O–H groups in total. The van der Waals surface area contributed by atoms with Crippen molar-refractivity contribution >= 4 is 28.2 Å². The molecule has 1 amide bonds. The van der Waals surface area contributed by atoms with Crippen LogP contribution >= 0.6 is 11.3 Å². The number of esters is 1. The van der Waals surface area contributed by atoms with E-state index in [-0.39, 0.29) is 36.5 Å². The maximum atomic E-state index is 12.6. The summed E-state index contributed by atoms with van der Waals surface area (Å²) >= 11 is 1.56. The van der Waals surface area contributed by atoms with E-state index in [0.29, 0.717) is 17.2 Å². The molecule has 2 aromatic heterocycles. The number of aryl methyl sites for hydroxylation is 2. The van der Waals surface area contributed by atoms with Crippen molar-refractivity contribution in [1.29, 1.82) is 0 Å². The second-order valence-corrected chi connectivity index (χ2v) is 9.44. The Morgan fingerprint density at radius 3 is 2.79 bits per heavy atom. The highest BCUT2D eigenvalue weighted by atomic mass is 32.1. The number of likely N-dealkylation sites (tertiary alicyclic amines) is 1. The molecule has 1 saturated heterocycles. The summed E-state index contributed by atoms with van der Waals surface area (Å²) in [5.74, 6) is -0.728. The zero-order valence-electron chi connectivity index (χ0n) is 16.4. The monoisotopic (exact) mass is 415 g/mol. The molecule has 7 nitrogen and oxygen atoms in total. The molecule has 5 rings (SSSR count). The lowest BCUT2D eigenvalue weighted by Crippen LogP contribution is -2.35. The first kappa shape index (κ1) is 18.8. The lowest BCUT2D eigenvalue weighted by atomic mass is 10.0. The molecule has 1 aliphatic heterocycles. The maximum absolute atomic E-state index is 12.6. The molecule has 2 aliphatic carbocycles. The number of carbonyl (C=O) groups is 2. The van der Waals surface area contributed by atoms with Gasteiger partial charge in [-0.15, -0.1) is 11.3 Å². The van der Waals surface area contributed by atoms with Crippen molar-refractivity contribution in [3.63, 3.8) is 0 Å². The highest BCUT2D eigenvalue weighted by molar-refractivity contribution is 7.17. The quantitative estimate of drug-likeness (QED) is 0.717. The van der Waals surface area contributed by atoms with Gasteiger partial charge in [0.25, 0.3) is 5.56 Å². The summed E-state index contributed by atoms with van der Waals surface area (Å²) in [5.41, 5.74) is 1.46. The van der Waals surface area contributed by atoms with E-state index in [4.69, 9.17) is 4.74 Å². The van der Waals surface area contributed by atoms with Crippen LogP contribution in [-0.2, 0) is 33.8 Å². The molecule has 0 spiro atoms. The summed E-state index contributed by atoms with van der Waals surface area (Å²) in [7, 11) is 0. The van der Waals surface area contributed by atoms with Crippen molar-refractivity contribution < 1.29 is 14.3 Å². The second-order valence-electron chi connectivity index (χ2n) is 8.38. The van der Waals surface area contributed by atoms with Gasteiger partial charge in [-0.05, 0) is 38.5 Å². The number of hydrogen-bond acceptors (Lipinski definition) is 6. The van der Waals surface area contributed by atoms with Crippen molar-refractivity contribution in [3.8, 4) is 0 Å². The van der Waals surface area contributed by atoms with Crippen LogP contribution in [0.1, 0.15) is 61.2 Å². The summed E-state index contributed by atoms with van der Waals surface area (Å²) < 4.78 is 7.16. The fourth-order valence-electron chi connectivity index (χ4n) is 4.94. The van der Waals surface area contributed by atoms with Gasteiger partial charge < -0.3 is 9.64 Å². The van der Waals surface area contributed by atoms with Crippen LogP contribution in [-0.4, -0.2) is 38.7 Å². The third-order valence-corrected chi connectivity index (χ3v) is 7.58. The van der Waals surface area contributed by atoms with Crippen LogP contribution in [0.15, 0.2) is 10.9 Å². The topological polar surface area (TPSA) is 81.0 Å². The van der Waals surface area contributed by atoms with Crippen molar-refractivity contribution in [2.45, 2.75) is 70.4 Å². The predicted molar refractivity (Wildman–Crippen MR) is 108 cm³/mol. The van der Waals surface area contributed by atoms with E-state index in [1.54, 1.807) is 15.7 Å². The van der Waals surface area contributed by atoms with Crippen molar-refractivity contribution in [2.75, 3.05) is 6.54 Å². The van der Waals surface area contributed by atoms with E-state index in [1.807, 2.05) is 4.90 Å². The van der Waals surface area contributed by atoms with E-state index in [2.05, 4.69) is 4.98 Å². The zero-order chi connectivity index (χ0) is 20.0. The van der Waals surface area contributed by atoms with Crippen molar-refractivity contribution in [1.82, 2.24) is 14.3 Å². The lowest BCUT2D eigenvalue weighted by Gasteiger charge is -2.23. The number of fused-ring (bicyclic) bond motifs is 3. The molecular formula is C21H25N3O4S. The summed E-state index contributed by atoms with van der Waals surface area (Å²) in [6.45, 7) is 0.427. The zero-order valence-corrected chi connectivity index (χ0v) is 17.2. The molecule has 29 heavy (non-hydrogen) atoms. The summed E-state index contributed by atoms with van der Waals surface area (Å²) in [6.07, 6.45) is 8.76. The number of ether oxygens (including phenoxy) is 1. The van der Waals surface area contributed by atoms with Gasteiger partial charge in [-0.3, -0.25) is 18.8 Å². The predicted octanol–water partition coefficient (Wildman–Crippen LogP) is 2.47. The Hall–Kier alpha value is -2.22. The van der Waals surface area contributed by atoms with Gasteiger partial charge in [-0.25, -0.2) is 4.98 Å². The van der Waals surface area contributed by atoms with Gasteiger partial charge in [0, 0.05) is 35.6 Å². The number of nitrogens with zero attached hydrogens (tertiary/aromatic N) is 3. The highest BCUT2D eigenvalue weighted by Gasteiger charge is 2.39. The molecule has 2 fully saturated rings. The lowest BCUT2D eigenvalue weighted by molar-refractivity contribution is -0.149. The molecular weight excluding hydrogens is 390 g/mol. The van der Waals surface area contributed by atoms with Crippen LogP contribution in [0.3, 0.4) is 0 Å². The Morgan fingerprint density at radius 1 is 1.17 bits per heavy atom. The van der Waals surface area contributed by atoms with Crippen LogP contribution in [0.5, 0.6) is 0 Å². The molecule has 0 unspecified atom stereocenters. The number of aromatic nitrogens is 2. The standard InChI is InChI=1S/C21H25N3O4S/c25-18-9-13(11-23(18)15-5-1-2-6-15)20(27)28-12-14-10-19(26)24-16-7-3-4-8-17(16)29-21(24)22-14/h10,13,15H,1-9,11-12H2/t13-/m0/s1. The Balaban J connectivity index is 1.26. The molecule has 1 atom stereocenters. The molecule has 0 bridgehead atoms. The third kappa shape index (κ3) is 3.47. The van der Waals surface area contributed by atoms with Gasteiger partial charge >= 0.3 is 5.97 Å². The van der Waals surface area contributed by atoms with Gasteiger partial charge in [0.15, 0.2) is 4.96 Å². The molecule has 3 heterocycles. The second kappa shape index (κ2) is 7.55. The minimum absolute atomic E-state index is 0.0265. The Morgan fingerprint density at radius 2 is 1.97 bits per heavy atom. The summed E-state index contributed by atoms with van der Waals surface area (Å²) in [5, 5.41) is 0. The molecule has 0 radical (unpaired) electrons. The largest absolute Gasteiger partial charge is 0.459 e. The minimum atomic E-state index is -0.415. The number of carbonyl (C=O) groups excluding carboxylic acids is 2. The van der Waals surface area contributed by atoms with E-state index in [0.717, 1.165) is 57.1 Å². The Kier molecular flexibility index (Phi) is 4.89. The van der Waals surface area contributed by atoms with E-state index >= 15 is 0 Å². The van der Waals surface area contributed by atoms with E-state index < -0.39 is 5.92 Å². The van der Waals surface area contributed by atoms with Crippen LogP contribution < -0.4 is 5.56 Å². The van der Waals surface area contributed by atoms with Crippen LogP contribution in [0.4, 0.5) is 0 Å². The first-order chi connectivity index (χ1) is 14.1. The first-order valence-corrected chi connectivity index (χ1v) is 11.4. The smallest absolute Gasteiger partial charge is 0.311 e. The number of hydrogen-bond donors (Lipinski definition) is 0. The number of thiazole rings is 1. The van der Waals surface area contributed by atoms with E-state index in [1.165, 1.54) is 10.9 Å². The summed E-state index contributed by atoms with van der Waals surface area (Å²) in [6, 6.07) is 1.75. The third-order valence-electron chi connectivity index (χ3n) is 6.43. The molecule has 1 saturated carbocycles. The van der Waals surface area contributed by atoms with Crippen molar-refractivity contribution in [2.24, 2.45) is 5.92 Å². The molecule has 8 heteroatoms. The summed E-state index contributed by atoms with van der Waals surface area (Å²) in [4.78, 5) is 45.8. The highest BCUT2D eigenvalue weighted by Crippen LogP contribution is 2.30. The van der Waals surface area contributed by atoms with Crippen LogP contribution in [0.2, 0.25) is 0 Å². The van der Waals surface area contributed by atoms with Gasteiger partial charge in [0.2, 0.25) is 5.91 Å². The van der Waals surface area contributed by atoms with Gasteiger partial charge in [0.1, 0.15) is 6.61 Å². The SMILES string of the molecule is O=C(OCc1cc(=O)n2c3c(sc2n1)CCCC3)[C@H]1CC(=O)N(C2CCCC2)C1. The average Bonchev–Trinajstić information content (AvgIpc) is 3.43. The molecule has 3 aliphatic rings. The Labute approximate surface area is 172 Å². The number of rotatable bonds is 4. The minimum Gasteiger partial charge on any atom is -0.459 e. The van der Waals surface area contributed by atoms with Gasteiger partial charge in [0.05, 0.1) is 11.6 Å². The Bertz CT molecular complexity index is 1020. The van der Waals surface area contributed by atoms with Crippen molar-refractivity contribution in [3.05, 3.63) is 32.7 Å².